The van der Waals surface area contributed by atoms with Crippen LogP contribution in [0.1, 0.15) is 26.3 Å². The van der Waals surface area contributed by atoms with Crippen LogP contribution in [0.4, 0.5) is 4.39 Å². The van der Waals surface area contributed by atoms with Crippen molar-refractivity contribution in [2.45, 2.75) is 45.5 Å². The number of hydrogen-bond donors (Lipinski definition) is 0. The molecule has 4 heteroatoms. The lowest BCUT2D eigenvalue weighted by molar-refractivity contribution is 0.275. The van der Waals surface area contributed by atoms with Gasteiger partial charge in [0.05, 0.1) is 6.61 Å². The van der Waals surface area contributed by atoms with Gasteiger partial charge >= 0.3 is 0 Å². The van der Waals surface area contributed by atoms with Crippen molar-refractivity contribution in [3.63, 3.8) is 0 Å². The molecule has 0 aliphatic rings. The zero-order chi connectivity index (χ0) is 12.4. The Kier molecular flexibility index (Phi) is 3.86. The van der Waals surface area contributed by atoms with Crippen LogP contribution in [-0.2, 0) is 11.0 Å². The van der Waals surface area contributed by atoms with Crippen molar-refractivity contribution in [2.24, 2.45) is 0 Å². The molecule has 0 unspecified atom stereocenters. The number of hydrogen-bond acceptors (Lipinski definition) is 2. The molecule has 0 radical (unpaired) electrons. The van der Waals surface area contributed by atoms with Gasteiger partial charge in [0, 0.05) is 6.20 Å². The van der Waals surface area contributed by atoms with Crippen LogP contribution < -0.4 is 0 Å². The van der Waals surface area contributed by atoms with Crippen LogP contribution in [0.25, 0.3) is 0 Å². The molecule has 0 bridgehead atoms. The largest absolute Gasteiger partial charge is 0.413 e. The summed E-state index contributed by atoms with van der Waals surface area (Å²) in [5.41, 5.74) is 0.922. The molecule has 0 fully saturated rings. The fourth-order valence-corrected chi connectivity index (χ4v) is 1.93. The first-order valence-corrected chi connectivity index (χ1v) is 8.37. The minimum Gasteiger partial charge on any atom is -0.413 e. The quantitative estimate of drug-likeness (QED) is 0.594. The monoisotopic (exact) mass is 241 g/mol. The summed E-state index contributed by atoms with van der Waals surface area (Å²) < 4.78 is 18.6. The Morgan fingerprint density at radius 3 is 2.38 bits per heavy atom. The van der Waals surface area contributed by atoms with E-state index in [2.05, 4.69) is 38.8 Å². The third-order valence-corrected chi connectivity index (χ3v) is 7.67. The summed E-state index contributed by atoms with van der Waals surface area (Å²) in [4.78, 5) is 3.61. The van der Waals surface area contributed by atoms with Gasteiger partial charge in [-0.25, -0.2) is 4.98 Å². The van der Waals surface area contributed by atoms with Crippen LogP contribution in [0.2, 0.25) is 18.1 Å². The highest BCUT2D eigenvalue weighted by atomic mass is 28.4. The van der Waals surface area contributed by atoms with E-state index in [0.29, 0.717) is 6.61 Å². The van der Waals surface area contributed by atoms with E-state index >= 15 is 0 Å². The summed E-state index contributed by atoms with van der Waals surface area (Å²) in [6, 6.07) is 3.08. The molecule has 0 aromatic carbocycles. The van der Waals surface area contributed by atoms with Gasteiger partial charge in [-0.3, -0.25) is 0 Å². The van der Waals surface area contributed by atoms with Gasteiger partial charge in [-0.15, -0.1) is 0 Å². The molecular formula is C12H20FNOSi. The summed E-state index contributed by atoms with van der Waals surface area (Å²) >= 11 is 0. The van der Waals surface area contributed by atoms with Gasteiger partial charge in [-0.1, -0.05) is 26.8 Å². The van der Waals surface area contributed by atoms with Crippen molar-refractivity contribution >= 4 is 8.32 Å². The molecule has 2 nitrogen and oxygen atoms in total. The lowest BCUT2D eigenvalue weighted by Crippen LogP contribution is -2.40. The van der Waals surface area contributed by atoms with Crippen molar-refractivity contribution in [3.05, 3.63) is 29.8 Å². The number of rotatable bonds is 3. The van der Waals surface area contributed by atoms with Crippen LogP contribution in [-0.4, -0.2) is 13.3 Å². The van der Waals surface area contributed by atoms with Gasteiger partial charge in [0.15, 0.2) is 8.32 Å². The maximum atomic E-state index is 12.6. The summed E-state index contributed by atoms with van der Waals surface area (Å²) in [6.45, 7) is 11.5. The molecule has 0 aliphatic carbocycles. The van der Waals surface area contributed by atoms with Crippen molar-refractivity contribution in [1.29, 1.82) is 0 Å². The molecule has 0 atom stereocenters. The zero-order valence-electron chi connectivity index (χ0n) is 10.7. The van der Waals surface area contributed by atoms with E-state index in [0.717, 1.165) is 5.56 Å². The standard InChI is InChI=1S/C12H20FNOSi/c1-12(2,3)16(4,5)15-9-10-6-7-11(13)14-8-10/h6-8H,9H2,1-5H3. The van der Waals surface area contributed by atoms with E-state index < -0.39 is 14.3 Å². The van der Waals surface area contributed by atoms with E-state index in [1.807, 2.05) is 0 Å². The van der Waals surface area contributed by atoms with Gasteiger partial charge < -0.3 is 4.43 Å². The maximum Gasteiger partial charge on any atom is 0.212 e. The summed E-state index contributed by atoms with van der Waals surface area (Å²) in [5, 5.41) is 0.195. The average Bonchev–Trinajstić information content (AvgIpc) is 2.15. The Hall–Kier alpha value is -0.743. The van der Waals surface area contributed by atoms with Crippen LogP contribution in [0.5, 0.6) is 0 Å². The summed E-state index contributed by atoms with van der Waals surface area (Å²) in [6.07, 6.45) is 1.53. The highest BCUT2D eigenvalue weighted by Crippen LogP contribution is 2.36. The second kappa shape index (κ2) is 4.63. The van der Waals surface area contributed by atoms with E-state index in [4.69, 9.17) is 4.43 Å². The third-order valence-electron chi connectivity index (χ3n) is 3.19. The average molecular weight is 241 g/mol. The predicted molar refractivity (Wildman–Crippen MR) is 66.2 cm³/mol. The zero-order valence-corrected chi connectivity index (χ0v) is 11.7. The Morgan fingerprint density at radius 2 is 1.94 bits per heavy atom. The Balaban J connectivity index is 2.61. The van der Waals surface area contributed by atoms with E-state index in [-0.39, 0.29) is 5.04 Å². The van der Waals surface area contributed by atoms with Crippen LogP contribution >= 0.6 is 0 Å². The topological polar surface area (TPSA) is 22.1 Å². The minimum atomic E-state index is -1.72. The third kappa shape index (κ3) is 3.38. The molecule has 0 saturated heterocycles. The molecule has 16 heavy (non-hydrogen) atoms. The van der Waals surface area contributed by atoms with E-state index in [9.17, 15) is 4.39 Å². The van der Waals surface area contributed by atoms with Crippen molar-refractivity contribution < 1.29 is 8.82 Å². The molecular weight excluding hydrogens is 221 g/mol. The normalized spacial score (nSPS) is 12.9. The van der Waals surface area contributed by atoms with Gasteiger partial charge in [0.25, 0.3) is 0 Å². The van der Waals surface area contributed by atoms with Crippen molar-refractivity contribution in [1.82, 2.24) is 4.98 Å². The lowest BCUT2D eigenvalue weighted by atomic mass is 10.2. The second-order valence-corrected chi connectivity index (χ2v) is 10.3. The predicted octanol–water partition coefficient (Wildman–Crippen LogP) is 3.74. The first-order valence-electron chi connectivity index (χ1n) is 5.47. The van der Waals surface area contributed by atoms with Gasteiger partial charge in [-0.2, -0.15) is 4.39 Å². The summed E-state index contributed by atoms with van der Waals surface area (Å²) in [7, 11) is -1.72. The van der Waals surface area contributed by atoms with Crippen molar-refractivity contribution in [3.8, 4) is 0 Å². The van der Waals surface area contributed by atoms with Gasteiger partial charge in [0.1, 0.15) is 0 Å². The molecule has 90 valence electrons. The first kappa shape index (κ1) is 13.3. The highest BCUT2D eigenvalue weighted by molar-refractivity contribution is 6.74. The van der Waals surface area contributed by atoms with E-state index in [1.54, 1.807) is 6.07 Å². The van der Waals surface area contributed by atoms with Crippen LogP contribution in [0.3, 0.4) is 0 Å². The molecule has 0 N–H and O–H groups in total. The summed E-state index contributed by atoms with van der Waals surface area (Å²) in [5.74, 6) is -0.448. The molecule has 0 aliphatic heterocycles. The number of halogens is 1. The molecule has 1 aromatic rings. The Morgan fingerprint density at radius 1 is 1.31 bits per heavy atom. The maximum absolute atomic E-state index is 12.6. The Bertz CT molecular complexity index is 343. The second-order valence-electron chi connectivity index (χ2n) is 5.54. The molecule has 0 amide bonds. The first-order chi connectivity index (χ1) is 7.22. The molecule has 1 heterocycles. The SMILES string of the molecule is CC(C)(C)[Si](C)(C)OCc1ccc(F)nc1. The smallest absolute Gasteiger partial charge is 0.212 e. The number of nitrogens with zero attached hydrogens (tertiary/aromatic N) is 1. The van der Waals surface area contributed by atoms with Crippen LogP contribution in [0, 0.1) is 5.95 Å². The van der Waals surface area contributed by atoms with Gasteiger partial charge in [-0.05, 0) is 29.8 Å². The Labute approximate surface area is 98.0 Å². The lowest BCUT2D eigenvalue weighted by Gasteiger charge is -2.36. The fourth-order valence-electron chi connectivity index (χ4n) is 0.972. The van der Waals surface area contributed by atoms with Crippen LogP contribution in [0.15, 0.2) is 18.3 Å². The molecule has 1 rings (SSSR count). The minimum absolute atomic E-state index is 0.195. The number of pyridine rings is 1. The molecule has 0 spiro atoms. The van der Waals surface area contributed by atoms with Gasteiger partial charge in [0.2, 0.25) is 5.95 Å². The molecule has 0 saturated carbocycles. The molecule has 1 aromatic heterocycles. The van der Waals surface area contributed by atoms with E-state index in [1.165, 1.54) is 12.3 Å². The number of aromatic nitrogens is 1. The van der Waals surface area contributed by atoms with Crippen molar-refractivity contribution in [2.75, 3.05) is 0 Å². The highest BCUT2D eigenvalue weighted by Gasteiger charge is 2.36. The fraction of sp³-hybridized carbons (Fsp3) is 0.583.